The molecular weight excluding hydrogens is 268 g/mol. The van der Waals surface area contributed by atoms with Gasteiger partial charge in [0, 0.05) is 19.5 Å². The maximum absolute atomic E-state index is 12.5. The number of nitrogens with zero attached hydrogens (tertiary/aromatic N) is 4. The smallest absolute Gasteiger partial charge is 0.277 e. The zero-order chi connectivity index (χ0) is 14.8. The summed E-state index contributed by atoms with van der Waals surface area (Å²) >= 11 is 0. The third-order valence-electron chi connectivity index (χ3n) is 4.06. The van der Waals surface area contributed by atoms with Gasteiger partial charge >= 0.3 is 0 Å². The van der Waals surface area contributed by atoms with Gasteiger partial charge in [-0.15, -0.1) is 5.10 Å². The van der Waals surface area contributed by atoms with Crippen LogP contribution in [0.1, 0.15) is 32.2 Å². The predicted molar refractivity (Wildman–Crippen MR) is 78.9 cm³/mol. The Morgan fingerprint density at radius 1 is 1.29 bits per heavy atom. The number of amides is 1. The molecule has 1 aromatic heterocycles. The highest BCUT2D eigenvalue weighted by Gasteiger charge is 2.24. The molecule has 0 bridgehead atoms. The van der Waals surface area contributed by atoms with Crippen molar-refractivity contribution in [3.8, 4) is 0 Å². The summed E-state index contributed by atoms with van der Waals surface area (Å²) in [6.07, 6.45) is 2.03. The van der Waals surface area contributed by atoms with Crippen molar-refractivity contribution in [1.82, 2.24) is 19.9 Å². The molecule has 2 heterocycles. The van der Waals surface area contributed by atoms with E-state index in [9.17, 15) is 9.59 Å². The van der Waals surface area contributed by atoms with Crippen LogP contribution in [0, 0.1) is 0 Å². The summed E-state index contributed by atoms with van der Waals surface area (Å²) in [5.74, 6) is 0.172. The molecule has 21 heavy (non-hydrogen) atoms. The van der Waals surface area contributed by atoms with E-state index in [0.717, 1.165) is 12.8 Å². The number of likely N-dealkylation sites (tertiary alicyclic amines) is 1. The zero-order valence-electron chi connectivity index (χ0n) is 12.0. The Morgan fingerprint density at radius 2 is 2.00 bits per heavy atom. The lowest BCUT2D eigenvalue weighted by Gasteiger charge is -2.31. The molecule has 6 heteroatoms. The molecule has 0 unspecified atom stereocenters. The van der Waals surface area contributed by atoms with E-state index in [0.29, 0.717) is 30.4 Å². The zero-order valence-corrected chi connectivity index (χ0v) is 12.0. The van der Waals surface area contributed by atoms with Crippen LogP contribution in [-0.4, -0.2) is 38.9 Å². The molecule has 1 aliphatic heterocycles. The molecule has 0 saturated carbocycles. The number of benzene rings is 1. The first kappa shape index (κ1) is 13.7. The molecule has 1 saturated heterocycles. The maximum atomic E-state index is 12.5. The van der Waals surface area contributed by atoms with Crippen LogP contribution in [0.2, 0.25) is 0 Å². The Balaban J connectivity index is 1.84. The first-order valence-corrected chi connectivity index (χ1v) is 7.32. The summed E-state index contributed by atoms with van der Waals surface area (Å²) in [7, 11) is 0. The van der Waals surface area contributed by atoms with Crippen molar-refractivity contribution in [3.05, 3.63) is 34.6 Å². The van der Waals surface area contributed by atoms with Crippen LogP contribution in [0.25, 0.3) is 10.9 Å². The number of fused-ring (bicyclic) bond motifs is 1. The van der Waals surface area contributed by atoms with Crippen LogP contribution in [-0.2, 0) is 4.79 Å². The molecule has 2 aromatic rings. The molecular formula is C15H18N4O2. The third kappa shape index (κ3) is 2.53. The normalized spacial score (nSPS) is 16.3. The number of hydrogen-bond acceptors (Lipinski definition) is 4. The van der Waals surface area contributed by atoms with Gasteiger partial charge in [0.05, 0.1) is 11.4 Å². The minimum absolute atomic E-state index is 0.0236. The average molecular weight is 286 g/mol. The van der Waals surface area contributed by atoms with Gasteiger partial charge in [0.1, 0.15) is 5.52 Å². The van der Waals surface area contributed by atoms with Gasteiger partial charge in [-0.1, -0.05) is 24.3 Å². The van der Waals surface area contributed by atoms with E-state index in [4.69, 9.17) is 0 Å². The van der Waals surface area contributed by atoms with Gasteiger partial charge in [0.25, 0.3) is 5.56 Å². The largest absolute Gasteiger partial charge is 0.343 e. The average Bonchev–Trinajstić information content (AvgIpc) is 2.55. The van der Waals surface area contributed by atoms with Gasteiger partial charge in [0.2, 0.25) is 5.91 Å². The fourth-order valence-electron chi connectivity index (χ4n) is 2.82. The molecule has 1 aliphatic rings. The molecule has 0 spiro atoms. The summed E-state index contributed by atoms with van der Waals surface area (Å²) in [5.41, 5.74) is 0.526. The van der Waals surface area contributed by atoms with E-state index < -0.39 is 0 Å². The molecule has 1 aromatic carbocycles. The highest BCUT2D eigenvalue weighted by Crippen LogP contribution is 2.21. The lowest BCUT2D eigenvalue weighted by atomic mass is 10.0. The predicted octanol–water partition coefficient (Wildman–Crippen LogP) is 1.36. The van der Waals surface area contributed by atoms with E-state index in [1.165, 1.54) is 4.68 Å². The SMILES string of the molecule is CCC(=O)N1CCC(n2nnc3ccccc3c2=O)CC1. The van der Waals surface area contributed by atoms with Crippen LogP contribution in [0.5, 0.6) is 0 Å². The fraction of sp³-hybridized carbons (Fsp3) is 0.467. The van der Waals surface area contributed by atoms with E-state index in [1.54, 1.807) is 12.1 Å². The van der Waals surface area contributed by atoms with Gasteiger partial charge in [0.15, 0.2) is 0 Å². The van der Waals surface area contributed by atoms with Crippen LogP contribution in [0.4, 0.5) is 0 Å². The minimum atomic E-state index is -0.0964. The van der Waals surface area contributed by atoms with Crippen molar-refractivity contribution in [2.45, 2.75) is 32.2 Å². The van der Waals surface area contributed by atoms with E-state index in [-0.39, 0.29) is 17.5 Å². The first-order chi connectivity index (χ1) is 10.2. The van der Waals surface area contributed by atoms with Crippen LogP contribution in [0.15, 0.2) is 29.1 Å². The molecule has 0 aliphatic carbocycles. The van der Waals surface area contributed by atoms with Crippen molar-refractivity contribution >= 4 is 16.8 Å². The van der Waals surface area contributed by atoms with Gasteiger partial charge in [-0.05, 0) is 25.0 Å². The molecule has 0 N–H and O–H groups in total. The van der Waals surface area contributed by atoms with Gasteiger partial charge in [-0.3, -0.25) is 9.59 Å². The number of aromatic nitrogens is 3. The summed E-state index contributed by atoms with van der Waals surface area (Å²) in [5, 5.41) is 8.79. The Labute approximate surface area is 122 Å². The molecule has 3 rings (SSSR count). The second-order valence-electron chi connectivity index (χ2n) is 5.32. The molecule has 0 radical (unpaired) electrons. The lowest BCUT2D eigenvalue weighted by Crippen LogP contribution is -2.41. The van der Waals surface area contributed by atoms with Crippen molar-refractivity contribution in [3.63, 3.8) is 0 Å². The highest BCUT2D eigenvalue weighted by atomic mass is 16.2. The lowest BCUT2D eigenvalue weighted by molar-refractivity contribution is -0.132. The van der Waals surface area contributed by atoms with E-state index in [2.05, 4.69) is 10.3 Å². The van der Waals surface area contributed by atoms with Crippen LogP contribution in [0.3, 0.4) is 0 Å². The van der Waals surface area contributed by atoms with Crippen molar-refractivity contribution in [2.75, 3.05) is 13.1 Å². The van der Waals surface area contributed by atoms with Gasteiger partial charge < -0.3 is 4.90 Å². The maximum Gasteiger partial charge on any atom is 0.277 e. The fourth-order valence-corrected chi connectivity index (χ4v) is 2.82. The molecule has 110 valence electrons. The topological polar surface area (TPSA) is 68.1 Å². The number of hydrogen-bond donors (Lipinski definition) is 0. The number of carbonyl (C=O) groups is 1. The summed E-state index contributed by atoms with van der Waals surface area (Å²) in [6, 6.07) is 7.26. The summed E-state index contributed by atoms with van der Waals surface area (Å²) in [6.45, 7) is 3.23. The van der Waals surface area contributed by atoms with Crippen molar-refractivity contribution in [2.24, 2.45) is 0 Å². The molecule has 0 atom stereocenters. The third-order valence-corrected chi connectivity index (χ3v) is 4.06. The van der Waals surface area contributed by atoms with Gasteiger partial charge in [-0.2, -0.15) is 0 Å². The highest BCUT2D eigenvalue weighted by molar-refractivity contribution is 5.76. The minimum Gasteiger partial charge on any atom is -0.343 e. The van der Waals surface area contributed by atoms with E-state index >= 15 is 0 Å². The second-order valence-corrected chi connectivity index (χ2v) is 5.32. The monoisotopic (exact) mass is 286 g/mol. The Hall–Kier alpha value is -2.24. The second kappa shape index (κ2) is 5.63. The first-order valence-electron chi connectivity index (χ1n) is 7.32. The number of carbonyl (C=O) groups excluding carboxylic acids is 1. The number of rotatable bonds is 2. The molecule has 1 fully saturated rings. The quantitative estimate of drug-likeness (QED) is 0.836. The number of piperidine rings is 1. The standard InChI is InChI=1S/C15H18N4O2/c1-2-14(20)18-9-7-11(8-10-18)19-15(21)12-5-3-4-6-13(12)16-17-19/h3-6,11H,2,7-10H2,1H3. The van der Waals surface area contributed by atoms with Crippen LogP contribution >= 0.6 is 0 Å². The van der Waals surface area contributed by atoms with Crippen molar-refractivity contribution < 1.29 is 4.79 Å². The molecule has 6 nitrogen and oxygen atoms in total. The van der Waals surface area contributed by atoms with Crippen molar-refractivity contribution in [1.29, 1.82) is 0 Å². The van der Waals surface area contributed by atoms with Gasteiger partial charge in [-0.25, -0.2) is 4.68 Å². The summed E-state index contributed by atoms with van der Waals surface area (Å²) < 4.78 is 1.48. The Bertz CT molecular complexity index is 717. The molecule has 1 amide bonds. The van der Waals surface area contributed by atoms with E-state index in [1.807, 2.05) is 24.0 Å². The Morgan fingerprint density at radius 3 is 2.71 bits per heavy atom. The summed E-state index contributed by atoms with van der Waals surface area (Å²) in [4.78, 5) is 26.0. The van der Waals surface area contributed by atoms with Crippen LogP contribution < -0.4 is 5.56 Å². The Kier molecular flexibility index (Phi) is 3.68.